The van der Waals surface area contributed by atoms with Crippen LogP contribution in [0, 0.1) is 6.92 Å². The Hall–Kier alpha value is -1.19. The van der Waals surface area contributed by atoms with Gasteiger partial charge in [-0.15, -0.1) is 11.3 Å². The molecule has 1 N–H and O–H groups in total. The molecule has 3 heteroatoms. The second-order valence-corrected chi connectivity index (χ2v) is 5.89. The first kappa shape index (κ1) is 14.2. The van der Waals surface area contributed by atoms with E-state index >= 15 is 0 Å². The lowest BCUT2D eigenvalue weighted by Crippen LogP contribution is -2.24. The van der Waals surface area contributed by atoms with E-state index in [1.54, 1.807) is 11.3 Å². The van der Waals surface area contributed by atoms with Gasteiger partial charge in [0.25, 0.3) is 0 Å². The Morgan fingerprint density at radius 1 is 1.37 bits per heavy atom. The maximum absolute atomic E-state index is 4.63. The van der Waals surface area contributed by atoms with Crippen molar-refractivity contribution in [3.63, 3.8) is 0 Å². The highest BCUT2D eigenvalue weighted by atomic mass is 32.1. The van der Waals surface area contributed by atoms with E-state index in [4.69, 9.17) is 0 Å². The predicted molar refractivity (Wildman–Crippen MR) is 82.8 cm³/mol. The molecule has 1 atom stereocenters. The molecule has 0 saturated heterocycles. The molecule has 2 rings (SSSR count). The summed E-state index contributed by atoms with van der Waals surface area (Å²) in [6.45, 7) is 7.56. The standard InChI is InChI=1S/C16H22N2S/c1-4-8-17-16(14-10-12(3)19-11-14)15-13(5-2)7-6-9-18-15/h6-7,9-11,16-17H,4-5,8H2,1-3H3. The molecule has 0 fully saturated rings. The highest BCUT2D eigenvalue weighted by Gasteiger charge is 2.18. The molecule has 0 spiro atoms. The zero-order valence-corrected chi connectivity index (χ0v) is 12.8. The van der Waals surface area contributed by atoms with Gasteiger partial charge in [0, 0.05) is 11.1 Å². The number of hydrogen-bond acceptors (Lipinski definition) is 3. The van der Waals surface area contributed by atoms with Gasteiger partial charge >= 0.3 is 0 Å². The Bertz CT molecular complexity index is 519. The second kappa shape index (κ2) is 6.83. The van der Waals surface area contributed by atoms with Crippen LogP contribution < -0.4 is 5.32 Å². The van der Waals surface area contributed by atoms with Crippen LogP contribution in [-0.4, -0.2) is 11.5 Å². The van der Waals surface area contributed by atoms with Gasteiger partial charge in [0.15, 0.2) is 0 Å². The molecule has 102 valence electrons. The number of nitrogens with zero attached hydrogens (tertiary/aromatic N) is 1. The summed E-state index contributed by atoms with van der Waals surface area (Å²) >= 11 is 1.81. The fraction of sp³-hybridized carbons (Fsp3) is 0.438. The van der Waals surface area contributed by atoms with E-state index in [-0.39, 0.29) is 6.04 Å². The van der Waals surface area contributed by atoms with E-state index < -0.39 is 0 Å². The van der Waals surface area contributed by atoms with Gasteiger partial charge in [-0.2, -0.15) is 0 Å². The molecule has 2 heterocycles. The number of aromatic nitrogens is 1. The summed E-state index contributed by atoms with van der Waals surface area (Å²) in [4.78, 5) is 5.98. The SMILES string of the molecule is CCCNC(c1csc(C)c1)c1ncccc1CC. The first-order valence-electron chi connectivity index (χ1n) is 6.98. The highest BCUT2D eigenvalue weighted by molar-refractivity contribution is 7.10. The van der Waals surface area contributed by atoms with Crippen molar-refractivity contribution >= 4 is 11.3 Å². The van der Waals surface area contributed by atoms with Crippen LogP contribution in [0.5, 0.6) is 0 Å². The zero-order chi connectivity index (χ0) is 13.7. The summed E-state index contributed by atoms with van der Waals surface area (Å²) in [5.74, 6) is 0. The van der Waals surface area contributed by atoms with Gasteiger partial charge in [-0.1, -0.05) is 19.9 Å². The van der Waals surface area contributed by atoms with Gasteiger partial charge < -0.3 is 5.32 Å². The minimum atomic E-state index is 0.223. The van der Waals surface area contributed by atoms with E-state index in [9.17, 15) is 0 Å². The Kier molecular flexibility index (Phi) is 5.11. The molecule has 0 aliphatic rings. The maximum atomic E-state index is 4.63. The maximum Gasteiger partial charge on any atom is 0.0762 e. The van der Waals surface area contributed by atoms with Crippen LogP contribution >= 0.6 is 11.3 Å². The van der Waals surface area contributed by atoms with E-state index in [1.807, 2.05) is 12.3 Å². The lowest BCUT2D eigenvalue weighted by atomic mass is 10.00. The van der Waals surface area contributed by atoms with Crippen molar-refractivity contribution in [2.24, 2.45) is 0 Å². The Morgan fingerprint density at radius 2 is 2.21 bits per heavy atom. The monoisotopic (exact) mass is 274 g/mol. The van der Waals surface area contributed by atoms with Gasteiger partial charge in [-0.3, -0.25) is 4.98 Å². The van der Waals surface area contributed by atoms with Gasteiger partial charge in [0.05, 0.1) is 11.7 Å². The highest BCUT2D eigenvalue weighted by Crippen LogP contribution is 2.27. The van der Waals surface area contributed by atoms with E-state index in [1.165, 1.54) is 21.7 Å². The van der Waals surface area contributed by atoms with Crippen molar-refractivity contribution in [2.45, 2.75) is 39.7 Å². The fourth-order valence-electron chi connectivity index (χ4n) is 2.29. The molecular formula is C16H22N2S. The molecule has 0 aliphatic carbocycles. The molecule has 0 saturated carbocycles. The third kappa shape index (κ3) is 3.43. The molecule has 0 bridgehead atoms. The molecule has 2 aromatic rings. The number of pyridine rings is 1. The molecule has 2 aromatic heterocycles. The van der Waals surface area contributed by atoms with Crippen molar-refractivity contribution in [2.75, 3.05) is 6.54 Å². The average molecular weight is 274 g/mol. The van der Waals surface area contributed by atoms with Gasteiger partial charge in [0.1, 0.15) is 0 Å². The van der Waals surface area contributed by atoms with Crippen LogP contribution in [0.25, 0.3) is 0 Å². The topological polar surface area (TPSA) is 24.9 Å². The summed E-state index contributed by atoms with van der Waals surface area (Å²) in [5, 5.41) is 5.88. The Labute approximate surface area is 119 Å². The third-order valence-electron chi connectivity index (χ3n) is 3.26. The lowest BCUT2D eigenvalue weighted by molar-refractivity contribution is 0.583. The van der Waals surface area contributed by atoms with Crippen molar-refractivity contribution in [1.29, 1.82) is 0 Å². The van der Waals surface area contributed by atoms with E-state index in [0.29, 0.717) is 0 Å². The van der Waals surface area contributed by atoms with Gasteiger partial charge in [-0.05, 0) is 54.9 Å². The molecule has 0 aliphatic heterocycles. The minimum Gasteiger partial charge on any atom is -0.305 e. The molecule has 0 radical (unpaired) electrons. The van der Waals surface area contributed by atoms with E-state index in [2.05, 4.69) is 48.6 Å². The molecule has 19 heavy (non-hydrogen) atoms. The zero-order valence-electron chi connectivity index (χ0n) is 11.9. The van der Waals surface area contributed by atoms with Crippen LogP contribution in [0.2, 0.25) is 0 Å². The largest absolute Gasteiger partial charge is 0.305 e. The van der Waals surface area contributed by atoms with Crippen LogP contribution in [-0.2, 0) is 6.42 Å². The fourth-order valence-corrected chi connectivity index (χ4v) is 3.02. The normalized spacial score (nSPS) is 12.6. The summed E-state index contributed by atoms with van der Waals surface area (Å²) in [7, 11) is 0. The van der Waals surface area contributed by atoms with E-state index in [0.717, 1.165) is 19.4 Å². The first-order chi connectivity index (χ1) is 9.26. The van der Waals surface area contributed by atoms with Crippen molar-refractivity contribution in [3.05, 3.63) is 51.5 Å². The molecule has 0 aromatic carbocycles. The minimum absolute atomic E-state index is 0.223. The number of rotatable bonds is 6. The average Bonchev–Trinajstić information content (AvgIpc) is 2.86. The summed E-state index contributed by atoms with van der Waals surface area (Å²) in [6, 6.07) is 6.70. The van der Waals surface area contributed by atoms with Crippen LogP contribution in [0.3, 0.4) is 0 Å². The Morgan fingerprint density at radius 3 is 2.84 bits per heavy atom. The third-order valence-corrected chi connectivity index (χ3v) is 4.14. The first-order valence-corrected chi connectivity index (χ1v) is 7.86. The van der Waals surface area contributed by atoms with Crippen LogP contribution in [0.4, 0.5) is 0 Å². The van der Waals surface area contributed by atoms with Crippen molar-refractivity contribution < 1.29 is 0 Å². The summed E-state index contributed by atoms with van der Waals surface area (Å²) in [5.41, 5.74) is 3.85. The lowest BCUT2D eigenvalue weighted by Gasteiger charge is -2.19. The van der Waals surface area contributed by atoms with Crippen molar-refractivity contribution in [3.8, 4) is 0 Å². The molecular weight excluding hydrogens is 252 g/mol. The quantitative estimate of drug-likeness (QED) is 0.857. The number of thiophene rings is 1. The number of nitrogens with one attached hydrogen (secondary N) is 1. The van der Waals surface area contributed by atoms with Gasteiger partial charge in [0.2, 0.25) is 0 Å². The number of hydrogen-bond donors (Lipinski definition) is 1. The predicted octanol–water partition coefficient (Wildman–Crippen LogP) is 4.10. The van der Waals surface area contributed by atoms with Gasteiger partial charge in [-0.25, -0.2) is 0 Å². The van der Waals surface area contributed by atoms with Crippen LogP contribution in [0.15, 0.2) is 29.8 Å². The summed E-state index contributed by atoms with van der Waals surface area (Å²) in [6.07, 6.45) is 4.05. The number of aryl methyl sites for hydroxylation is 2. The van der Waals surface area contributed by atoms with Crippen LogP contribution in [0.1, 0.15) is 48.0 Å². The van der Waals surface area contributed by atoms with Crippen molar-refractivity contribution in [1.82, 2.24) is 10.3 Å². The molecule has 0 amide bonds. The molecule has 2 nitrogen and oxygen atoms in total. The smallest absolute Gasteiger partial charge is 0.0762 e. The summed E-state index contributed by atoms with van der Waals surface area (Å²) < 4.78 is 0. The Balaban J connectivity index is 2.36. The molecule has 1 unspecified atom stereocenters. The second-order valence-electron chi connectivity index (χ2n) is 4.78.